The van der Waals surface area contributed by atoms with Gasteiger partial charge in [-0.2, -0.15) is 30.6 Å². The highest BCUT2D eigenvalue weighted by atomic mass is 19.1. The predicted molar refractivity (Wildman–Crippen MR) is 598 cm³/mol. The second-order valence-electron chi connectivity index (χ2n) is 35.2. The zero-order chi connectivity index (χ0) is 99.4. The van der Waals surface area contributed by atoms with Gasteiger partial charge in [0.1, 0.15) is 40.1 Å². The molecule has 0 saturated carbocycles. The van der Waals surface area contributed by atoms with Crippen molar-refractivity contribution < 1.29 is 14.2 Å². The molecule has 0 aliphatic carbocycles. The number of imidazole rings is 4. The summed E-state index contributed by atoms with van der Waals surface area (Å²) in [4.78, 5) is 31.9. The summed E-state index contributed by atoms with van der Waals surface area (Å²) in [6.07, 6.45) is 12.6. The molecule has 0 radical (unpaired) electrons. The summed E-state index contributed by atoms with van der Waals surface area (Å²) < 4.78 is 19.5. The molecule has 0 amide bonds. The number of aromatic nitrogens is 20. The predicted octanol–water partition coefficient (Wildman–Crippen LogP) is 30.3. The van der Waals surface area contributed by atoms with E-state index in [9.17, 15) is 9.50 Å². The summed E-state index contributed by atoms with van der Waals surface area (Å²) in [5.41, 5.74) is 33.7. The van der Waals surface area contributed by atoms with Crippen molar-refractivity contribution >= 4 is 146 Å². The van der Waals surface area contributed by atoms with E-state index in [-0.39, 0.29) is 11.6 Å². The topological polar surface area (TPSA) is 316 Å². The highest BCUT2D eigenvalue weighted by Crippen LogP contribution is 2.39. The number of para-hydroxylation sites is 8. The van der Waals surface area contributed by atoms with Crippen molar-refractivity contribution in [2.75, 3.05) is 7.11 Å². The van der Waals surface area contributed by atoms with E-state index in [0.29, 0.717) is 11.4 Å². The van der Waals surface area contributed by atoms with E-state index >= 15 is 0 Å². The van der Waals surface area contributed by atoms with Gasteiger partial charge in [-0.05, 0) is 236 Å². The van der Waals surface area contributed by atoms with E-state index in [0.717, 1.165) is 200 Å². The fraction of sp³-hybridized carbons (Fsp3) is 0.00800. The van der Waals surface area contributed by atoms with Crippen molar-refractivity contribution in [3.05, 3.63) is 470 Å². The first-order chi connectivity index (χ1) is 73.0. The number of aromatic hydroxyl groups is 1. The van der Waals surface area contributed by atoms with Gasteiger partial charge < -0.3 is 29.8 Å². The van der Waals surface area contributed by atoms with Crippen molar-refractivity contribution in [2.45, 2.75) is 0 Å². The van der Waals surface area contributed by atoms with E-state index in [1.165, 1.54) is 45.0 Å². The zero-order valence-corrected chi connectivity index (χ0v) is 79.7. The van der Waals surface area contributed by atoms with Gasteiger partial charge in [0.25, 0.3) is 0 Å². The quantitative estimate of drug-likeness (QED) is 0.0402. The van der Waals surface area contributed by atoms with Gasteiger partial charge in [0.2, 0.25) is 0 Å². The van der Waals surface area contributed by atoms with Gasteiger partial charge in [0, 0.05) is 37.9 Å². The van der Waals surface area contributed by atoms with Gasteiger partial charge >= 0.3 is 0 Å². The molecule has 0 unspecified atom stereocenters. The van der Waals surface area contributed by atoms with Crippen LogP contribution in [0, 0.1) is 5.82 Å². The first-order valence-corrected chi connectivity index (χ1v) is 48.2. The lowest BCUT2D eigenvalue weighted by atomic mass is 10.0. The summed E-state index contributed by atoms with van der Waals surface area (Å²) in [5, 5.41) is 61.1. The summed E-state index contributed by atoms with van der Waals surface area (Å²) in [7, 11) is 1.68. The minimum absolute atomic E-state index is 0.240. The SMILES string of the molecule is C(=C\c1ccc2n[nH]c(/C=C/c3ccccc3)c2c1)/c1ccccc1.C(=C\c1n[nH]c2ccc(-c3ccccc3)cc12)/c1ccccc1.COc1cccc(-c2ccc3[nH]nc(-c4nc5ccccc5[nH]4)c3c2)c1.Fc1ccccc1-c1ccc2[nH]nc(-c3nc4ccccc4[nH]3)c2c1.Oc1cccc(-c2ccc3[nH]nc(-c4nc5ccccc5[nH]4)c3c2)c1.c1ccc(-c2ccc3[nH]nc(-c4nc5ccccc5[nH]4)c3c2)cc1. The van der Waals surface area contributed by atoms with Gasteiger partial charge in [0.15, 0.2) is 23.3 Å². The Morgan fingerprint density at radius 1 is 0.230 bits per heavy atom. The van der Waals surface area contributed by atoms with Gasteiger partial charge in [0.05, 0.1) is 95.7 Å². The van der Waals surface area contributed by atoms with Crippen LogP contribution < -0.4 is 4.74 Å². The minimum atomic E-state index is -0.240. The average Bonchev–Trinajstić information content (AvgIpc) is 1.63. The largest absolute Gasteiger partial charge is 0.508 e. The van der Waals surface area contributed by atoms with E-state index in [1.54, 1.807) is 31.4 Å². The van der Waals surface area contributed by atoms with Crippen molar-refractivity contribution in [1.29, 1.82) is 0 Å². The summed E-state index contributed by atoms with van der Waals surface area (Å²) in [5.74, 6) is 3.83. The monoisotopic (exact) mass is 1920 g/mol. The number of hydrogen-bond acceptors (Lipinski definition) is 12. The number of phenols is 1. The van der Waals surface area contributed by atoms with Gasteiger partial charge in [-0.1, -0.05) is 303 Å². The molecular weight excluding hydrogens is 1830 g/mol. The first kappa shape index (κ1) is 91.2. The van der Waals surface area contributed by atoms with E-state index in [2.05, 4.69) is 301 Å². The molecule has 0 bridgehead atoms. The van der Waals surface area contributed by atoms with Crippen LogP contribution in [0.3, 0.4) is 0 Å². The summed E-state index contributed by atoms with van der Waals surface area (Å²) >= 11 is 0. The van der Waals surface area contributed by atoms with Gasteiger partial charge in [-0.3, -0.25) is 30.6 Å². The van der Waals surface area contributed by atoms with Gasteiger partial charge in [-0.25, -0.2) is 24.3 Å². The van der Waals surface area contributed by atoms with Crippen LogP contribution in [0.15, 0.2) is 431 Å². The third kappa shape index (κ3) is 20.0. The zero-order valence-electron chi connectivity index (χ0n) is 79.7. The number of ether oxygens (including phenoxy) is 1. The normalized spacial score (nSPS) is 11.4. The first-order valence-electron chi connectivity index (χ1n) is 48.2. The maximum atomic E-state index is 14.1. The molecule has 23 heteroatoms. The van der Waals surface area contributed by atoms with Crippen molar-refractivity contribution in [1.82, 2.24) is 101 Å². The Morgan fingerprint density at radius 2 is 0.568 bits per heavy atom. The molecule has 22 nitrogen and oxygen atoms in total. The highest BCUT2D eigenvalue weighted by molar-refractivity contribution is 6.02. The number of nitrogens with zero attached hydrogens (tertiary/aromatic N) is 10. The fourth-order valence-electron chi connectivity index (χ4n) is 18.0. The Hall–Kier alpha value is -20.6. The average molecular weight is 1920 g/mol. The summed E-state index contributed by atoms with van der Waals surface area (Å²) in [6, 6.07) is 143. The molecule has 710 valence electrons. The molecule has 28 rings (SSSR count). The second kappa shape index (κ2) is 41.7. The van der Waals surface area contributed by atoms with Crippen LogP contribution >= 0.6 is 0 Å². The van der Waals surface area contributed by atoms with Crippen LogP contribution in [0.25, 0.3) is 248 Å². The smallest absolute Gasteiger partial charge is 0.159 e. The van der Waals surface area contributed by atoms with E-state index in [4.69, 9.17) is 4.74 Å². The summed E-state index contributed by atoms with van der Waals surface area (Å²) in [6.45, 7) is 0. The highest BCUT2D eigenvalue weighted by Gasteiger charge is 2.21. The Balaban J connectivity index is 0.0000000977. The number of halogens is 1. The lowest BCUT2D eigenvalue weighted by molar-refractivity contribution is 0.415. The number of fused-ring (bicyclic) bond motifs is 10. The Morgan fingerprint density at radius 3 is 1.00 bits per heavy atom. The number of hydrogen-bond donors (Lipinski definition) is 11. The van der Waals surface area contributed by atoms with E-state index in [1.807, 2.05) is 237 Å². The van der Waals surface area contributed by atoms with Crippen molar-refractivity contribution in [3.63, 3.8) is 0 Å². The van der Waals surface area contributed by atoms with E-state index < -0.39 is 0 Å². The number of nitrogens with one attached hydrogen (secondary N) is 10. The van der Waals surface area contributed by atoms with Crippen LogP contribution in [0.1, 0.15) is 33.6 Å². The number of aromatic amines is 10. The Kier molecular flexibility index (Phi) is 25.7. The molecule has 148 heavy (non-hydrogen) atoms. The number of H-pyrrole nitrogens is 10. The Labute approximate surface area is 846 Å². The molecule has 10 aromatic heterocycles. The number of methoxy groups -OCH3 is 1. The molecule has 0 aliphatic rings. The van der Waals surface area contributed by atoms with Gasteiger partial charge in [-0.15, -0.1) is 0 Å². The standard InChI is InChI=1S/C23H18N2.C21H16N4O.C21H16N2.C20H13FN4.C20H14N4O.C20H14N4/c1-3-7-18(8-4-1)11-12-20-14-16-23-21(17-20)22(24-25-23)15-13-19-9-5-2-6-10-19;1-26-15-6-4-5-13(11-15)14-9-10-17-16(12-14)20(25-24-17)21-22-18-7-2-3-8-19(18)23-21;1-3-7-16(8-4-1)11-13-20-19-15-18(12-14-21(19)23-22-20)17-9-5-2-6-10-17;21-15-6-2-1-5-13(15)12-9-10-16-14(11-12)19(25-24-16)20-22-17-7-3-4-8-18(17)23-20;25-14-5-3-4-12(10-14)13-8-9-16-15(11-13)19(24-23-16)20-21-17-6-1-2-7-18(17)22-20;1-2-6-13(7-3-1)14-10-11-16-15(12-14)19(24-23-16)20-21-17-8-4-5-9-18(17)22-20/h1-17H,(H,24,25);2-12H,1H3,(H,22,23)(H,24,25);1-15H,(H,22,23);1-11H,(H,22,23)(H,24,25);1-11,25H,(H,21,22)(H,23,24);1-12H,(H,21,22)(H,23,24)/b12-11+,15-13+;;13-11+;;;. The third-order valence-electron chi connectivity index (χ3n) is 25.6. The molecule has 10 heterocycles. The maximum absolute atomic E-state index is 14.1. The van der Waals surface area contributed by atoms with Crippen LogP contribution in [-0.2, 0) is 0 Å². The van der Waals surface area contributed by atoms with Crippen molar-refractivity contribution in [2.24, 2.45) is 0 Å². The second-order valence-corrected chi connectivity index (χ2v) is 35.2. The Bertz CT molecular complexity index is 9530. The third-order valence-corrected chi connectivity index (χ3v) is 25.6. The molecule has 18 aromatic carbocycles. The number of benzene rings is 18. The van der Waals surface area contributed by atoms with Crippen LogP contribution in [0.4, 0.5) is 4.39 Å². The van der Waals surface area contributed by atoms with Crippen LogP contribution in [-0.4, -0.2) is 113 Å². The molecule has 0 saturated heterocycles. The molecular formula is C125H91FN20O2. The molecule has 0 atom stereocenters. The lowest BCUT2D eigenvalue weighted by Gasteiger charge is -2.05. The number of phenolic OH excluding ortho intramolecular Hbond substituents is 1. The van der Waals surface area contributed by atoms with Crippen molar-refractivity contribution in [3.8, 4) is 113 Å². The molecule has 11 N–H and O–H groups in total. The maximum Gasteiger partial charge on any atom is 0.159 e. The van der Waals surface area contributed by atoms with Crippen LogP contribution in [0.2, 0.25) is 0 Å². The fourth-order valence-corrected chi connectivity index (χ4v) is 18.0. The van der Waals surface area contributed by atoms with Crippen LogP contribution in [0.5, 0.6) is 11.5 Å². The molecule has 0 fully saturated rings. The molecule has 28 aromatic rings. The molecule has 0 spiro atoms. The number of rotatable bonds is 16. The lowest BCUT2D eigenvalue weighted by Crippen LogP contribution is -1.85. The molecule has 0 aliphatic heterocycles. The minimum Gasteiger partial charge on any atom is -0.508 e.